The molecule has 0 unspecified atom stereocenters. The number of carbonyl (C=O) groups is 2. The van der Waals surface area contributed by atoms with E-state index in [0.29, 0.717) is 24.5 Å². The van der Waals surface area contributed by atoms with Gasteiger partial charge in [0.1, 0.15) is 17.7 Å². The van der Waals surface area contributed by atoms with Crippen molar-refractivity contribution in [1.29, 1.82) is 0 Å². The van der Waals surface area contributed by atoms with Crippen LogP contribution in [0.4, 0.5) is 0 Å². The topological polar surface area (TPSA) is 112 Å². The number of nitrogens with one attached hydrogen (secondary N) is 3. The minimum absolute atomic E-state index is 0.0875. The SMILES string of the molecule is C=C1/C(=N\C=C/C)NC(=O)[C@@H](NC(=O)c2nnc(Cc3ccccc3)[nH]2)CC12CC2. The fourth-order valence-electron chi connectivity index (χ4n) is 3.66. The quantitative estimate of drug-likeness (QED) is 0.710. The van der Waals surface area contributed by atoms with Crippen molar-refractivity contribution in [1.82, 2.24) is 25.8 Å². The molecule has 2 fully saturated rings. The highest BCUT2D eigenvalue weighted by Gasteiger charge is 2.51. The summed E-state index contributed by atoms with van der Waals surface area (Å²) in [5, 5.41) is 13.6. The number of allylic oxidation sites excluding steroid dienone is 1. The zero-order valence-corrected chi connectivity index (χ0v) is 16.8. The Kier molecular flexibility index (Phi) is 5.31. The lowest BCUT2D eigenvalue weighted by molar-refractivity contribution is -0.121. The Labute approximate surface area is 174 Å². The van der Waals surface area contributed by atoms with E-state index in [1.807, 2.05) is 37.3 Å². The van der Waals surface area contributed by atoms with Crippen molar-refractivity contribution in [2.24, 2.45) is 10.4 Å². The molecule has 8 heteroatoms. The van der Waals surface area contributed by atoms with Crippen LogP contribution >= 0.6 is 0 Å². The summed E-state index contributed by atoms with van der Waals surface area (Å²) >= 11 is 0. The highest BCUT2D eigenvalue weighted by molar-refractivity contribution is 6.11. The second-order valence-electron chi connectivity index (χ2n) is 7.72. The molecule has 1 saturated heterocycles. The highest BCUT2D eigenvalue weighted by atomic mass is 16.2. The Bertz CT molecular complexity index is 1030. The lowest BCUT2D eigenvalue weighted by atomic mass is 9.90. The molecule has 0 radical (unpaired) electrons. The molecule has 2 aromatic rings. The number of rotatable bonds is 5. The zero-order valence-electron chi connectivity index (χ0n) is 16.8. The van der Waals surface area contributed by atoms with E-state index in [9.17, 15) is 9.59 Å². The van der Waals surface area contributed by atoms with Crippen molar-refractivity contribution < 1.29 is 9.59 Å². The molecule has 1 atom stereocenters. The Hall–Kier alpha value is -3.55. The normalized spacial score (nSPS) is 21.6. The standard InChI is InChI=1S/C22H24N6O2/c1-3-11-23-18-14(2)22(9-10-22)13-16(20(29)26-18)24-21(30)19-25-17(27-28-19)12-15-7-5-4-6-8-15/h3-8,11,16H,2,9-10,12-13H2,1H3,(H,24,30)(H,23,26,29)(H,25,27,28)/b11-3-/t16-/m0/s1. The molecule has 3 N–H and O–H groups in total. The van der Waals surface area contributed by atoms with Gasteiger partial charge in [-0.25, -0.2) is 4.99 Å². The third kappa shape index (κ3) is 4.07. The van der Waals surface area contributed by atoms with Gasteiger partial charge in [-0.15, -0.1) is 10.2 Å². The van der Waals surface area contributed by atoms with Gasteiger partial charge in [-0.1, -0.05) is 43.0 Å². The summed E-state index contributed by atoms with van der Waals surface area (Å²) in [6.45, 7) is 6.00. The molecule has 1 aliphatic heterocycles. The van der Waals surface area contributed by atoms with Gasteiger partial charge in [0.25, 0.3) is 5.91 Å². The van der Waals surface area contributed by atoms with Crippen molar-refractivity contribution in [2.75, 3.05) is 0 Å². The third-order valence-corrected chi connectivity index (χ3v) is 5.55. The Morgan fingerprint density at radius 1 is 1.33 bits per heavy atom. The predicted molar refractivity (Wildman–Crippen MR) is 113 cm³/mol. The summed E-state index contributed by atoms with van der Waals surface area (Å²) in [7, 11) is 0. The smallest absolute Gasteiger partial charge is 0.289 e. The molecule has 8 nitrogen and oxygen atoms in total. The molecule has 30 heavy (non-hydrogen) atoms. The minimum atomic E-state index is -0.697. The van der Waals surface area contributed by atoms with Crippen molar-refractivity contribution in [3.8, 4) is 0 Å². The van der Waals surface area contributed by atoms with Crippen LogP contribution in [0.1, 0.15) is 48.2 Å². The van der Waals surface area contributed by atoms with Crippen molar-refractivity contribution >= 4 is 17.6 Å². The van der Waals surface area contributed by atoms with E-state index in [4.69, 9.17) is 0 Å². The molecular weight excluding hydrogens is 380 g/mol. The second kappa shape index (κ2) is 8.06. The number of benzene rings is 1. The fraction of sp³-hybridized carbons (Fsp3) is 0.318. The number of carbonyl (C=O) groups excluding carboxylic acids is 2. The number of aliphatic imine (C=N–C) groups is 1. The van der Waals surface area contributed by atoms with E-state index in [2.05, 4.69) is 37.4 Å². The molecule has 1 aliphatic carbocycles. The number of amidine groups is 1. The van der Waals surface area contributed by atoms with Crippen LogP contribution in [-0.2, 0) is 11.2 Å². The van der Waals surface area contributed by atoms with Crippen molar-refractivity contribution in [2.45, 2.75) is 38.6 Å². The molecule has 154 valence electrons. The van der Waals surface area contributed by atoms with Gasteiger partial charge in [0, 0.05) is 18.0 Å². The van der Waals surface area contributed by atoms with E-state index >= 15 is 0 Å². The van der Waals surface area contributed by atoms with E-state index in [0.717, 1.165) is 24.0 Å². The maximum atomic E-state index is 12.7. The first-order valence-electron chi connectivity index (χ1n) is 9.97. The number of nitrogens with zero attached hydrogens (tertiary/aromatic N) is 3. The van der Waals surface area contributed by atoms with E-state index in [-0.39, 0.29) is 17.1 Å². The van der Waals surface area contributed by atoms with E-state index in [1.165, 1.54) is 0 Å². The maximum absolute atomic E-state index is 12.7. The Morgan fingerprint density at radius 2 is 2.10 bits per heavy atom. The monoisotopic (exact) mass is 404 g/mol. The van der Waals surface area contributed by atoms with Gasteiger partial charge in [0.2, 0.25) is 11.7 Å². The van der Waals surface area contributed by atoms with Crippen LogP contribution in [0.5, 0.6) is 0 Å². The Balaban J connectivity index is 1.47. The summed E-state index contributed by atoms with van der Waals surface area (Å²) in [5.74, 6) is 0.379. The predicted octanol–water partition coefficient (Wildman–Crippen LogP) is 2.28. The van der Waals surface area contributed by atoms with Crippen LogP contribution in [0.25, 0.3) is 0 Å². The van der Waals surface area contributed by atoms with Gasteiger partial charge in [0.05, 0.1) is 0 Å². The minimum Gasteiger partial charge on any atom is -0.337 e. The van der Waals surface area contributed by atoms with Gasteiger partial charge in [-0.05, 0) is 37.3 Å². The van der Waals surface area contributed by atoms with Crippen LogP contribution in [0.3, 0.4) is 0 Å². The molecule has 4 rings (SSSR count). The van der Waals surface area contributed by atoms with Crippen LogP contribution < -0.4 is 10.6 Å². The van der Waals surface area contributed by atoms with Gasteiger partial charge in [-0.2, -0.15) is 0 Å². The molecule has 1 aromatic carbocycles. The highest BCUT2D eigenvalue weighted by Crippen LogP contribution is 2.55. The number of hydrogen-bond acceptors (Lipinski definition) is 5. The van der Waals surface area contributed by atoms with Gasteiger partial charge in [-0.3, -0.25) is 9.59 Å². The third-order valence-electron chi connectivity index (χ3n) is 5.55. The second-order valence-corrected chi connectivity index (χ2v) is 7.72. The van der Waals surface area contributed by atoms with E-state index < -0.39 is 11.9 Å². The molecule has 1 aromatic heterocycles. The number of aromatic amines is 1. The van der Waals surface area contributed by atoms with Gasteiger partial charge >= 0.3 is 0 Å². The van der Waals surface area contributed by atoms with Crippen molar-refractivity contribution in [3.63, 3.8) is 0 Å². The Morgan fingerprint density at radius 3 is 2.80 bits per heavy atom. The molecule has 1 spiro atoms. The number of amides is 2. The van der Waals surface area contributed by atoms with Crippen molar-refractivity contribution in [3.05, 3.63) is 72.0 Å². The number of aromatic nitrogens is 3. The first-order chi connectivity index (χ1) is 14.5. The summed E-state index contributed by atoms with van der Waals surface area (Å²) in [6.07, 6.45) is 6.28. The summed E-state index contributed by atoms with van der Waals surface area (Å²) in [5.41, 5.74) is 1.68. The molecule has 1 saturated carbocycles. The first kappa shape index (κ1) is 19.8. The largest absolute Gasteiger partial charge is 0.337 e. The fourth-order valence-corrected chi connectivity index (χ4v) is 3.66. The average molecular weight is 404 g/mol. The molecule has 2 aliphatic rings. The van der Waals surface area contributed by atoms with Crippen LogP contribution in [-0.4, -0.2) is 38.9 Å². The van der Waals surface area contributed by atoms with Crippen LogP contribution in [0.2, 0.25) is 0 Å². The summed E-state index contributed by atoms with van der Waals surface area (Å²) < 4.78 is 0. The van der Waals surface area contributed by atoms with Crippen LogP contribution in [0.15, 0.2) is 59.8 Å². The maximum Gasteiger partial charge on any atom is 0.289 e. The van der Waals surface area contributed by atoms with E-state index in [1.54, 1.807) is 12.3 Å². The van der Waals surface area contributed by atoms with Gasteiger partial charge < -0.3 is 15.6 Å². The van der Waals surface area contributed by atoms with Crippen LogP contribution in [0, 0.1) is 5.41 Å². The average Bonchev–Trinajstić information content (AvgIpc) is 3.40. The molecule has 0 bridgehead atoms. The van der Waals surface area contributed by atoms with Gasteiger partial charge in [0.15, 0.2) is 0 Å². The molecule has 2 heterocycles. The molecular formula is C22H24N6O2. The number of hydrogen-bond donors (Lipinski definition) is 3. The summed E-state index contributed by atoms with van der Waals surface area (Å²) in [4.78, 5) is 32.7. The lowest BCUT2D eigenvalue weighted by Gasteiger charge is -2.18. The number of H-pyrrole nitrogens is 1. The summed E-state index contributed by atoms with van der Waals surface area (Å²) in [6, 6.07) is 9.09. The first-order valence-corrected chi connectivity index (χ1v) is 9.97. The lowest BCUT2D eigenvalue weighted by Crippen LogP contribution is -2.47. The molecule has 2 amide bonds. The zero-order chi connectivity index (χ0) is 21.1.